The number of anilines is 1. The van der Waals surface area contributed by atoms with E-state index in [0.29, 0.717) is 43.9 Å². The predicted molar refractivity (Wildman–Crippen MR) is 77.0 cm³/mol. The molecular weight excluding hydrogens is 282 g/mol. The van der Waals surface area contributed by atoms with Gasteiger partial charge in [0, 0.05) is 13.1 Å². The van der Waals surface area contributed by atoms with Crippen LogP contribution in [0.1, 0.15) is 20.3 Å². The number of nitrogens with zero attached hydrogens (tertiary/aromatic N) is 3. The molecule has 1 aliphatic rings. The third-order valence-electron chi connectivity index (χ3n) is 2.83. The zero-order valence-corrected chi connectivity index (χ0v) is 12.7. The lowest BCUT2D eigenvalue weighted by molar-refractivity contribution is 0.122. The summed E-state index contributed by atoms with van der Waals surface area (Å²) in [7, 11) is 0. The quantitative estimate of drug-likeness (QED) is 0.751. The van der Waals surface area contributed by atoms with Crippen molar-refractivity contribution in [3.63, 3.8) is 0 Å². The van der Waals surface area contributed by atoms with Crippen LogP contribution in [0.5, 0.6) is 11.6 Å². The van der Waals surface area contributed by atoms with Crippen LogP contribution in [0, 0.1) is 0 Å². The van der Waals surface area contributed by atoms with Gasteiger partial charge in [0.05, 0.1) is 26.4 Å². The summed E-state index contributed by atoms with van der Waals surface area (Å²) >= 11 is 6.00. The van der Waals surface area contributed by atoms with Crippen LogP contribution in [-0.4, -0.2) is 49.5 Å². The molecule has 7 heteroatoms. The standard InChI is InChI=1S/C13H20ClN3O3/c1-3-7-20-10-11(17-5-8-18-9-6-17)15-13(14)16-12(10)19-4-2/h3-9H2,1-2H3. The molecule has 1 aromatic rings. The van der Waals surface area contributed by atoms with E-state index in [0.717, 1.165) is 19.5 Å². The van der Waals surface area contributed by atoms with E-state index >= 15 is 0 Å². The van der Waals surface area contributed by atoms with Gasteiger partial charge in [-0.2, -0.15) is 9.97 Å². The highest BCUT2D eigenvalue weighted by Gasteiger charge is 2.23. The number of halogens is 1. The Balaban J connectivity index is 2.34. The topological polar surface area (TPSA) is 56.7 Å². The molecule has 0 spiro atoms. The monoisotopic (exact) mass is 301 g/mol. The van der Waals surface area contributed by atoms with Crippen LogP contribution in [-0.2, 0) is 4.74 Å². The van der Waals surface area contributed by atoms with Crippen molar-refractivity contribution in [3.8, 4) is 11.6 Å². The molecule has 0 amide bonds. The molecule has 0 bridgehead atoms. The SMILES string of the molecule is CCCOc1c(OCC)nc(Cl)nc1N1CCOCC1. The van der Waals surface area contributed by atoms with Crippen molar-refractivity contribution in [1.82, 2.24) is 9.97 Å². The van der Waals surface area contributed by atoms with Gasteiger partial charge in [0.2, 0.25) is 11.0 Å². The summed E-state index contributed by atoms with van der Waals surface area (Å²) in [5, 5.41) is 0.166. The molecule has 0 aliphatic carbocycles. The van der Waals surface area contributed by atoms with E-state index < -0.39 is 0 Å². The summed E-state index contributed by atoms with van der Waals surface area (Å²) in [5.41, 5.74) is 0. The molecule has 20 heavy (non-hydrogen) atoms. The summed E-state index contributed by atoms with van der Waals surface area (Å²) < 4.78 is 16.7. The van der Waals surface area contributed by atoms with Gasteiger partial charge < -0.3 is 19.1 Å². The first kappa shape index (κ1) is 15.1. The molecule has 112 valence electrons. The van der Waals surface area contributed by atoms with E-state index in [2.05, 4.69) is 14.9 Å². The van der Waals surface area contributed by atoms with E-state index in [1.807, 2.05) is 13.8 Å². The van der Waals surface area contributed by atoms with Crippen molar-refractivity contribution >= 4 is 17.4 Å². The van der Waals surface area contributed by atoms with Crippen molar-refractivity contribution in [2.75, 3.05) is 44.4 Å². The molecule has 0 unspecified atom stereocenters. The number of aromatic nitrogens is 2. The van der Waals surface area contributed by atoms with Crippen molar-refractivity contribution in [1.29, 1.82) is 0 Å². The van der Waals surface area contributed by atoms with E-state index in [1.54, 1.807) is 0 Å². The maximum absolute atomic E-state index is 6.00. The summed E-state index contributed by atoms with van der Waals surface area (Å²) in [5.74, 6) is 1.66. The van der Waals surface area contributed by atoms with Gasteiger partial charge in [0.25, 0.3) is 5.88 Å². The van der Waals surface area contributed by atoms with E-state index in [1.165, 1.54) is 0 Å². The first-order chi connectivity index (χ1) is 9.76. The molecule has 1 saturated heterocycles. The van der Waals surface area contributed by atoms with Crippen molar-refractivity contribution in [2.24, 2.45) is 0 Å². The first-order valence-electron chi connectivity index (χ1n) is 6.92. The largest absolute Gasteiger partial charge is 0.485 e. The molecular formula is C13H20ClN3O3. The molecule has 0 N–H and O–H groups in total. The zero-order chi connectivity index (χ0) is 14.4. The molecule has 1 aliphatic heterocycles. The Morgan fingerprint density at radius 2 is 1.95 bits per heavy atom. The van der Waals surface area contributed by atoms with Gasteiger partial charge in [0.1, 0.15) is 0 Å². The highest BCUT2D eigenvalue weighted by molar-refractivity contribution is 6.28. The number of hydrogen-bond donors (Lipinski definition) is 0. The first-order valence-corrected chi connectivity index (χ1v) is 7.29. The molecule has 2 rings (SSSR count). The number of ether oxygens (including phenoxy) is 3. The Labute approximate surface area is 124 Å². The highest BCUT2D eigenvalue weighted by atomic mass is 35.5. The van der Waals surface area contributed by atoms with Gasteiger partial charge in [0.15, 0.2) is 5.82 Å². The van der Waals surface area contributed by atoms with Crippen molar-refractivity contribution < 1.29 is 14.2 Å². The number of hydrogen-bond acceptors (Lipinski definition) is 6. The van der Waals surface area contributed by atoms with Crippen LogP contribution in [0.4, 0.5) is 5.82 Å². The van der Waals surface area contributed by atoms with Crippen LogP contribution in [0.3, 0.4) is 0 Å². The number of rotatable bonds is 6. The minimum atomic E-state index is 0.166. The summed E-state index contributed by atoms with van der Waals surface area (Å²) in [6.45, 7) is 7.86. The smallest absolute Gasteiger partial charge is 0.263 e. The van der Waals surface area contributed by atoms with Gasteiger partial charge >= 0.3 is 0 Å². The Morgan fingerprint density at radius 3 is 2.60 bits per heavy atom. The molecule has 1 fully saturated rings. The lowest BCUT2D eigenvalue weighted by Crippen LogP contribution is -2.37. The van der Waals surface area contributed by atoms with Crippen LogP contribution in [0.2, 0.25) is 5.28 Å². The second-order valence-corrected chi connectivity index (χ2v) is 4.67. The average Bonchev–Trinajstić information content (AvgIpc) is 2.47. The summed E-state index contributed by atoms with van der Waals surface area (Å²) in [4.78, 5) is 10.5. The van der Waals surface area contributed by atoms with E-state index in [9.17, 15) is 0 Å². The highest BCUT2D eigenvalue weighted by Crippen LogP contribution is 2.36. The minimum absolute atomic E-state index is 0.166. The minimum Gasteiger partial charge on any atom is -0.485 e. The van der Waals surface area contributed by atoms with Gasteiger partial charge in [-0.3, -0.25) is 0 Å². The Morgan fingerprint density at radius 1 is 1.20 bits per heavy atom. The van der Waals surface area contributed by atoms with Crippen molar-refractivity contribution in [3.05, 3.63) is 5.28 Å². The second-order valence-electron chi connectivity index (χ2n) is 4.33. The molecule has 6 nitrogen and oxygen atoms in total. The average molecular weight is 302 g/mol. The summed E-state index contributed by atoms with van der Waals surface area (Å²) in [6.07, 6.45) is 0.900. The Bertz CT molecular complexity index is 439. The predicted octanol–water partition coefficient (Wildman–Crippen LogP) is 2.15. The maximum Gasteiger partial charge on any atom is 0.263 e. The van der Waals surface area contributed by atoms with Gasteiger partial charge in [-0.05, 0) is 24.9 Å². The molecule has 1 aromatic heterocycles. The van der Waals surface area contributed by atoms with Crippen molar-refractivity contribution in [2.45, 2.75) is 20.3 Å². The van der Waals surface area contributed by atoms with E-state index in [-0.39, 0.29) is 5.28 Å². The molecule has 2 heterocycles. The fourth-order valence-corrected chi connectivity index (χ4v) is 2.10. The van der Waals surface area contributed by atoms with Crippen LogP contribution >= 0.6 is 11.6 Å². The van der Waals surface area contributed by atoms with Crippen LogP contribution < -0.4 is 14.4 Å². The Hall–Kier alpha value is -1.27. The maximum atomic E-state index is 6.00. The van der Waals surface area contributed by atoms with E-state index in [4.69, 9.17) is 25.8 Å². The van der Waals surface area contributed by atoms with Gasteiger partial charge in [-0.1, -0.05) is 6.92 Å². The van der Waals surface area contributed by atoms with Gasteiger partial charge in [-0.25, -0.2) is 0 Å². The third kappa shape index (κ3) is 3.64. The van der Waals surface area contributed by atoms with Crippen LogP contribution in [0.25, 0.3) is 0 Å². The lowest BCUT2D eigenvalue weighted by Gasteiger charge is -2.29. The Kier molecular flexibility index (Phi) is 5.67. The second kappa shape index (κ2) is 7.50. The summed E-state index contributed by atoms with van der Waals surface area (Å²) in [6, 6.07) is 0. The fourth-order valence-electron chi connectivity index (χ4n) is 1.95. The molecule has 0 radical (unpaired) electrons. The molecule has 0 aromatic carbocycles. The molecule has 0 saturated carbocycles. The lowest BCUT2D eigenvalue weighted by atomic mass is 10.3. The number of morpholine rings is 1. The normalized spacial score (nSPS) is 15.2. The zero-order valence-electron chi connectivity index (χ0n) is 11.9. The van der Waals surface area contributed by atoms with Crippen LogP contribution in [0.15, 0.2) is 0 Å². The third-order valence-corrected chi connectivity index (χ3v) is 3.00. The van der Waals surface area contributed by atoms with Gasteiger partial charge in [-0.15, -0.1) is 0 Å². The molecule has 0 atom stereocenters. The fraction of sp³-hybridized carbons (Fsp3) is 0.692.